The summed E-state index contributed by atoms with van der Waals surface area (Å²) in [5.74, 6) is -0.319. The van der Waals surface area contributed by atoms with E-state index >= 15 is 0 Å². The lowest BCUT2D eigenvalue weighted by Gasteiger charge is -2.36. The van der Waals surface area contributed by atoms with Crippen molar-refractivity contribution in [3.8, 4) is 0 Å². The SMILES string of the molecule is CCNC(c1cncc(F)c1)C(C)(CC)OC. The highest BCUT2D eigenvalue weighted by molar-refractivity contribution is 5.19. The first-order valence-corrected chi connectivity index (χ1v) is 5.96. The molecule has 0 amide bonds. The molecule has 1 aromatic rings. The molecule has 1 N–H and O–H groups in total. The van der Waals surface area contributed by atoms with E-state index in [-0.39, 0.29) is 17.5 Å². The van der Waals surface area contributed by atoms with Crippen LogP contribution in [0.2, 0.25) is 0 Å². The highest BCUT2D eigenvalue weighted by Crippen LogP contribution is 2.31. The molecule has 17 heavy (non-hydrogen) atoms. The third-order valence-electron chi connectivity index (χ3n) is 3.25. The molecule has 3 nitrogen and oxygen atoms in total. The minimum absolute atomic E-state index is 0.0642. The number of ether oxygens (including phenoxy) is 1. The summed E-state index contributed by atoms with van der Waals surface area (Å²) in [5, 5.41) is 3.34. The number of pyridine rings is 1. The van der Waals surface area contributed by atoms with Crippen molar-refractivity contribution in [3.63, 3.8) is 0 Å². The standard InChI is InChI=1S/C13H21FN2O/c1-5-13(3,17-4)12(16-6-2)10-7-11(14)9-15-8-10/h7-9,12,16H,5-6H2,1-4H3. The zero-order valence-electron chi connectivity index (χ0n) is 11.0. The number of rotatable bonds is 6. The van der Waals surface area contributed by atoms with Crippen molar-refractivity contribution in [1.82, 2.24) is 10.3 Å². The van der Waals surface area contributed by atoms with Crippen molar-refractivity contribution in [3.05, 3.63) is 29.8 Å². The van der Waals surface area contributed by atoms with Crippen LogP contribution < -0.4 is 5.32 Å². The van der Waals surface area contributed by atoms with E-state index in [4.69, 9.17) is 4.74 Å². The Kier molecular flexibility index (Phi) is 5.02. The third-order valence-corrected chi connectivity index (χ3v) is 3.25. The number of methoxy groups -OCH3 is 1. The van der Waals surface area contributed by atoms with Crippen LogP contribution in [0.3, 0.4) is 0 Å². The van der Waals surface area contributed by atoms with Gasteiger partial charge in [0, 0.05) is 13.3 Å². The van der Waals surface area contributed by atoms with Crippen LogP contribution in [-0.4, -0.2) is 24.2 Å². The van der Waals surface area contributed by atoms with Crippen LogP contribution in [0.15, 0.2) is 18.5 Å². The smallest absolute Gasteiger partial charge is 0.141 e. The normalized spacial score (nSPS) is 16.5. The van der Waals surface area contributed by atoms with Gasteiger partial charge in [0.05, 0.1) is 17.8 Å². The summed E-state index contributed by atoms with van der Waals surface area (Å²) < 4.78 is 18.8. The number of nitrogens with one attached hydrogen (secondary N) is 1. The van der Waals surface area contributed by atoms with Crippen molar-refractivity contribution < 1.29 is 9.13 Å². The van der Waals surface area contributed by atoms with Gasteiger partial charge in [0.15, 0.2) is 0 Å². The lowest BCUT2D eigenvalue weighted by atomic mass is 9.88. The van der Waals surface area contributed by atoms with Crippen molar-refractivity contribution in [2.75, 3.05) is 13.7 Å². The van der Waals surface area contributed by atoms with E-state index in [1.54, 1.807) is 13.3 Å². The molecule has 0 saturated carbocycles. The summed E-state index contributed by atoms with van der Waals surface area (Å²) in [5.41, 5.74) is 0.448. The second-order valence-electron chi connectivity index (χ2n) is 4.30. The quantitative estimate of drug-likeness (QED) is 0.830. The topological polar surface area (TPSA) is 34.2 Å². The third kappa shape index (κ3) is 3.23. The maximum absolute atomic E-state index is 13.2. The second kappa shape index (κ2) is 6.07. The highest BCUT2D eigenvalue weighted by Gasteiger charge is 2.33. The summed E-state index contributed by atoms with van der Waals surface area (Å²) in [6.45, 7) is 6.89. The van der Waals surface area contributed by atoms with Crippen LogP contribution in [0.1, 0.15) is 38.8 Å². The summed E-state index contributed by atoms with van der Waals surface area (Å²) in [4.78, 5) is 3.90. The molecule has 96 valence electrons. The van der Waals surface area contributed by atoms with E-state index in [0.717, 1.165) is 18.5 Å². The van der Waals surface area contributed by atoms with Crippen LogP contribution in [-0.2, 0) is 4.74 Å². The first-order chi connectivity index (χ1) is 8.07. The Morgan fingerprint density at radius 2 is 2.18 bits per heavy atom. The van der Waals surface area contributed by atoms with Gasteiger partial charge in [0.25, 0.3) is 0 Å². The number of halogens is 1. The molecule has 0 spiro atoms. The molecule has 0 aliphatic carbocycles. The summed E-state index contributed by atoms with van der Waals surface area (Å²) in [7, 11) is 1.68. The molecular formula is C13H21FN2O. The number of likely N-dealkylation sites (N-methyl/N-ethyl adjacent to an activating group) is 1. The molecule has 0 aliphatic rings. The molecule has 1 rings (SSSR count). The van der Waals surface area contributed by atoms with Crippen molar-refractivity contribution >= 4 is 0 Å². The van der Waals surface area contributed by atoms with E-state index in [9.17, 15) is 4.39 Å². The molecule has 0 saturated heterocycles. The largest absolute Gasteiger partial charge is 0.377 e. The zero-order valence-corrected chi connectivity index (χ0v) is 11.0. The van der Waals surface area contributed by atoms with Crippen LogP contribution in [0, 0.1) is 5.82 Å². The van der Waals surface area contributed by atoms with Gasteiger partial charge >= 0.3 is 0 Å². The lowest BCUT2D eigenvalue weighted by Crippen LogP contribution is -2.42. The Bertz CT molecular complexity index is 353. The van der Waals surface area contributed by atoms with Crippen LogP contribution >= 0.6 is 0 Å². The number of hydrogen-bond donors (Lipinski definition) is 1. The highest BCUT2D eigenvalue weighted by atomic mass is 19.1. The minimum atomic E-state index is -0.370. The van der Waals surface area contributed by atoms with Gasteiger partial charge < -0.3 is 10.1 Å². The van der Waals surface area contributed by atoms with Gasteiger partial charge in [-0.3, -0.25) is 4.98 Å². The van der Waals surface area contributed by atoms with E-state index in [1.165, 1.54) is 12.3 Å². The Balaban J connectivity index is 3.08. The van der Waals surface area contributed by atoms with E-state index < -0.39 is 0 Å². The maximum Gasteiger partial charge on any atom is 0.141 e. The maximum atomic E-state index is 13.2. The van der Waals surface area contributed by atoms with Gasteiger partial charge in [-0.2, -0.15) is 0 Å². The molecule has 2 atom stereocenters. The molecule has 0 bridgehead atoms. The first-order valence-electron chi connectivity index (χ1n) is 5.96. The van der Waals surface area contributed by atoms with Gasteiger partial charge in [-0.15, -0.1) is 0 Å². The molecule has 0 radical (unpaired) electrons. The van der Waals surface area contributed by atoms with E-state index in [1.807, 2.05) is 13.8 Å². The molecule has 1 aromatic heterocycles. The number of nitrogens with zero attached hydrogens (tertiary/aromatic N) is 1. The fourth-order valence-corrected chi connectivity index (χ4v) is 1.94. The second-order valence-corrected chi connectivity index (χ2v) is 4.30. The first kappa shape index (κ1) is 14.1. The molecule has 2 unspecified atom stereocenters. The van der Waals surface area contributed by atoms with Crippen LogP contribution in [0.25, 0.3) is 0 Å². The fourth-order valence-electron chi connectivity index (χ4n) is 1.94. The minimum Gasteiger partial charge on any atom is -0.377 e. The van der Waals surface area contributed by atoms with Crippen molar-refractivity contribution in [1.29, 1.82) is 0 Å². The van der Waals surface area contributed by atoms with Crippen molar-refractivity contribution in [2.24, 2.45) is 0 Å². The van der Waals surface area contributed by atoms with Gasteiger partial charge in [-0.25, -0.2) is 4.39 Å². The predicted octanol–water partition coefficient (Wildman–Crippen LogP) is 2.69. The Morgan fingerprint density at radius 1 is 1.47 bits per heavy atom. The molecule has 0 aromatic carbocycles. The molecule has 0 aliphatic heterocycles. The van der Waals surface area contributed by atoms with Crippen LogP contribution in [0.4, 0.5) is 4.39 Å². The molecular weight excluding hydrogens is 219 g/mol. The lowest BCUT2D eigenvalue weighted by molar-refractivity contribution is -0.0297. The van der Waals surface area contributed by atoms with Gasteiger partial charge in [-0.05, 0) is 31.5 Å². The van der Waals surface area contributed by atoms with Gasteiger partial charge in [0.2, 0.25) is 0 Å². The number of aromatic nitrogens is 1. The average molecular weight is 240 g/mol. The average Bonchev–Trinajstić information content (AvgIpc) is 2.35. The Morgan fingerprint density at radius 3 is 2.65 bits per heavy atom. The molecule has 1 heterocycles. The monoisotopic (exact) mass is 240 g/mol. The van der Waals surface area contributed by atoms with Gasteiger partial charge in [-0.1, -0.05) is 13.8 Å². The van der Waals surface area contributed by atoms with E-state index in [0.29, 0.717) is 0 Å². The van der Waals surface area contributed by atoms with Gasteiger partial charge in [0.1, 0.15) is 5.82 Å². The van der Waals surface area contributed by atoms with Crippen LogP contribution in [0.5, 0.6) is 0 Å². The fraction of sp³-hybridized carbons (Fsp3) is 0.615. The number of hydrogen-bond acceptors (Lipinski definition) is 3. The molecule has 4 heteroatoms. The molecule has 0 fully saturated rings. The summed E-state index contributed by atoms with van der Waals surface area (Å²) in [6, 6.07) is 1.44. The predicted molar refractivity (Wildman–Crippen MR) is 66.3 cm³/mol. The van der Waals surface area contributed by atoms with E-state index in [2.05, 4.69) is 17.2 Å². The van der Waals surface area contributed by atoms with Crippen molar-refractivity contribution in [2.45, 2.75) is 38.8 Å². The Labute approximate surface area is 102 Å². The Hall–Kier alpha value is -1.00. The zero-order chi connectivity index (χ0) is 12.9. The summed E-state index contributed by atoms with van der Waals surface area (Å²) >= 11 is 0. The summed E-state index contributed by atoms with van der Waals surface area (Å²) in [6.07, 6.45) is 3.73.